The molecular formula is C45H48FNO5Si. The molecule has 5 aromatic carbocycles. The van der Waals surface area contributed by atoms with Gasteiger partial charge in [0.15, 0.2) is 11.6 Å². The van der Waals surface area contributed by atoms with Crippen molar-refractivity contribution in [1.82, 2.24) is 4.98 Å². The maximum absolute atomic E-state index is 14.1. The summed E-state index contributed by atoms with van der Waals surface area (Å²) in [5.41, 5.74) is 1.11. The summed E-state index contributed by atoms with van der Waals surface area (Å²) in [7, 11) is -1.53. The molecule has 6 aromatic rings. The summed E-state index contributed by atoms with van der Waals surface area (Å²) in [6.07, 6.45) is 3.59. The van der Waals surface area contributed by atoms with Gasteiger partial charge in [-0.2, -0.15) is 0 Å². The van der Waals surface area contributed by atoms with Gasteiger partial charge in [0.2, 0.25) is 5.88 Å². The van der Waals surface area contributed by atoms with Crippen LogP contribution in [-0.2, 0) is 6.42 Å². The second-order valence-corrected chi connectivity index (χ2v) is 18.0. The lowest BCUT2D eigenvalue weighted by molar-refractivity contribution is 0.138. The lowest BCUT2D eigenvalue weighted by Gasteiger charge is -2.23. The molecule has 0 saturated carbocycles. The highest BCUT2D eigenvalue weighted by atomic mass is 28.3. The summed E-state index contributed by atoms with van der Waals surface area (Å²) in [5, 5.41) is 1.44. The first-order valence-electron chi connectivity index (χ1n) is 18.1. The number of aromatic nitrogens is 1. The number of pyridine rings is 1. The number of rotatable bonds is 16. The first-order valence-corrected chi connectivity index (χ1v) is 21.3. The molecule has 0 aliphatic heterocycles. The first kappa shape index (κ1) is 38.6. The van der Waals surface area contributed by atoms with E-state index >= 15 is 0 Å². The highest BCUT2D eigenvalue weighted by Crippen LogP contribution is 2.27. The van der Waals surface area contributed by atoms with E-state index in [0.29, 0.717) is 24.8 Å². The van der Waals surface area contributed by atoms with Crippen molar-refractivity contribution >= 4 is 13.3 Å². The second kappa shape index (κ2) is 19.9. The zero-order chi connectivity index (χ0) is 37.3. The van der Waals surface area contributed by atoms with E-state index in [1.54, 1.807) is 6.20 Å². The molecule has 1 heterocycles. The van der Waals surface area contributed by atoms with Crippen molar-refractivity contribution in [2.24, 2.45) is 0 Å². The Hall–Kier alpha value is -5.60. The third-order valence-corrected chi connectivity index (χ3v) is 11.9. The largest absolute Gasteiger partial charge is 0.494 e. The fourth-order valence-corrected chi connectivity index (χ4v) is 7.96. The molecule has 0 N–H and O–H groups in total. The van der Waals surface area contributed by atoms with E-state index in [0.717, 1.165) is 41.4 Å². The third-order valence-electron chi connectivity index (χ3n) is 8.43. The molecule has 8 heteroatoms. The van der Waals surface area contributed by atoms with E-state index < -0.39 is 8.07 Å². The van der Waals surface area contributed by atoms with Crippen LogP contribution in [0.15, 0.2) is 152 Å². The average Bonchev–Trinajstić information content (AvgIpc) is 3.18. The molecule has 0 amide bonds. The van der Waals surface area contributed by atoms with Gasteiger partial charge in [0.1, 0.15) is 41.5 Å². The zero-order valence-corrected chi connectivity index (χ0v) is 31.9. The van der Waals surface area contributed by atoms with E-state index in [1.165, 1.54) is 17.3 Å². The summed E-state index contributed by atoms with van der Waals surface area (Å²) in [4.78, 5) is 4.13. The number of aryl methyl sites for hydroxylation is 1. The number of hydrogen-bond acceptors (Lipinski definition) is 6. The molecule has 6 nitrogen and oxygen atoms in total. The number of ether oxygens (including phenoxy) is 5. The molecule has 274 valence electrons. The van der Waals surface area contributed by atoms with Gasteiger partial charge in [-0.25, -0.2) is 9.37 Å². The highest BCUT2D eigenvalue weighted by molar-refractivity contribution is 6.89. The van der Waals surface area contributed by atoms with Crippen LogP contribution >= 0.6 is 0 Å². The standard InChI is InChI=1S/C25H29FO2Si.C20H19NO3/c1-4-27-21-13-15-23(16-14-21)29(2,3)18-8-9-20-12-17-24(26)25(19-20)28-22-10-6-5-7-11-22;1-16(23-20-9-5-6-14-21-20)15-22-17-10-12-19(13-11-17)24-18-7-3-2-4-8-18/h5-7,10-17,19H,4,8-9,18H2,1-3H3;2-14,16H,15H2,1H3. The number of para-hydroxylation sites is 2. The Morgan fingerprint density at radius 2 is 1.23 bits per heavy atom. The molecule has 0 aliphatic rings. The van der Waals surface area contributed by atoms with Gasteiger partial charge >= 0.3 is 0 Å². The number of halogens is 1. The van der Waals surface area contributed by atoms with E-state index in [-0.39, 0.29) is 17.7 Å². The lowest BCUT2D eigenvalue weighted by Crippen LogP contribution is -2.41. The first-order chi connectivity index (χ1) is 25.8. The van der Waals surface area contributed by atoms with Crippen molar-refractivity contribution in [3.05, 3.63) is 163 Å². The van der Waals surface area contributed by atoms with Gasteiger partial charge in [-0.1, -0.05) is 91.4 Å². The van der Waals surface area contributed by atoms with Crippen molar-refractivity contribution in [2.75, 3.05) is 13.2 Å². The molecule has 0 saturated heterocycles. The zero-order valence-electron chi connectivity index (χ0n) is 30.9. The molecule has 6 rings (SSSR count). The van der Waals surface area contributed by atoms with Crippen molar-refractivity contribution in [1.29, 1.82) is 0 Å². The molecule has 0 spiro atoms. The second-order valence-electron chi connectivity index (χ2n) is 13.2. The van der Waals surface area contributed by atoms with Gasteiger partial charge in [0, 0.05) is 12.3 Å². The van der Waals surface area contributed by atoms with Crippen LogP contribution in [0.2, 0.25) is 19.1 Å². The normalized spacial score (nSPS) is 11.4. The molecule has 1 atom stereocenters. The third kappa shape index (κ3) is 12.8. The summed E-state index contributed by atoms with van der Waals surface area (Å²) >= 11 is 0. The quantitative estimate of drug-likeness (QED) is 0.0925. The molecule has 0 radical (unpaired) electrons. The SMILES string of the molecule is CC(COc1ccc(Oc2ccccc2)cc1)Oc1ccccn1.CCOc1ccc([Si](C)(C)CCCc2ccc(F)c(Oc3ccccc3)c2)cc1. The Bertz CT molecular complexity index is 1930. The molecule has 53 heavy (non-hydrogen) atoms. The van der Waals surface area contributed by atoms with Crippen LogP contribution in [0.4, 0.5) is 4.39 Å². The van der Waals surface area contributed by atoms with Gasteiger partial charge in [-0.3, -0.25) is 0 Å². The molecule has 0 fully saturated rings. The lowest BCUT2D eigenvalue weighted by atomic mass is 10.1. The molecule has 0 aliphatic carbocycles. The Labute approximate surface area is 314 Å². The fraction of sp³-hybridized carbons (Fsp3) is 0.222. The summed E-state index contributed by atoms with van der Waals surface area (Å²) < 4.78 is 42.6. The van der Waals surface area contributed by atoms with Crippen LogP contribution in [0.5, 0.6) is 40.4 Å². The topological polar surface area (TPSA) is 59.0 Å². The van der Waals surface area contributed by atoms with E-state index in [2.05, 4.69) is 42.3 Å². The molecule has 1 aromatic heterocycles. The van der Waals surface area contributed by atoms with Crippen molar-refractivity contribution in [3.8, 4) is 40.4 Å². The Balaban J connectivity index is 0.000000208. The van der Waals surface area contributed by atoms with Crippen LogP contribution in [-0.4, -0.2) is 32.4 Å². The van der Waals surface area contributed by atoms with E-state index in [9.17, 15) is 4.39 Å². The number of benzene rings is 5. The summed E-state index contributed by atoms with van der Waals surface area (Å²) in [6.45, 7) is 9.87. The monoisotopic (exact) mass is 729 g/mol. The summed E-state index contributed by atoms with van der Waals surface area (Å²) in [6, 6.07) is 47.0. The molecular weight excluding hydrogens is 682 g/mol. The fourth-order valence-electron chi connectivity index (χ4n) is 5.54. The van der Waals surface area contributed by atoms with Crippen LogP contribution in [0.1, 0.15) is 25.8 Å². The Kier molecular flexibility index (Phi) is 14.5. The molecule has 0 bridgehead atoms. The van der Waals surface area contributed by atoms with Crippen LogP contribution in [0.3, 0.4) is 0 Å². The minimum absolute atomic E-state index is 0.0971. The van der Waals surface area contributed by atoms with Crippen molar-refractivity contribution < 1.29 is 28.1 Å². The minimum atomic E-state index is -1.53. The van der Waals surface area contributed by atoms with Gasteiger partial charge in [0.05, 0.1) is 14.7 Å². The maximum atomic E-state index is 14.1. The Morgan fingerprint density at radius 3 is 1.87 bits per heavy atom. The van der Waals surface area contributed by atoms with Crippen LogP contribution in [0, 0.1) is 5.82 Å². The van der Waals surface area contributed by atoms with Gasteiger partial charge in [-0.15, -0.1) is 0 Å². The summed E-state index contributed by atoms with van der Waals surface area (Å²) in [5.74, 6) is 4.48. The van der Waals surface area contributed by atoms with Crippen molar-refractivity contribution in [3.63, 3.8) is 0 Å². The van der Waals surface area contributed by atoms with Crippen molar-refractivity contribution in [2.45, 2.75) is 51.9 Å². The van der Waals surface area contributed by atoms with E-state index in [4.69, 9.17) is 23.7 Å². The Morgan fingerprint density at radius 1 is 0.642 bits per heavy atom. The average molecular weight is 730 g/mol. The van der Waals surface area contributed by atoms with Gasteiger partial charge in [-0.05, 0) is 105 Å². The van der Waals surface area contributed by atoms with Gasteiger partial charge in [0.25, 0.3) is 0 Å². The smallest absolute Gasteiger partial charge is 0.213 e. The predicted molar refractivity (Wildman–Crippen MR) is 214 cm³/mol. The van der Waals surface area contributed by atoms with Crippen LogP contribution in [0.25, 0.3) is 0 Å². The number of nitrogens with zero attached hydrogens (tertiary/aromatic N) is 1. The van der Waals surface area contributed by atoms with E-state index in [1.807, 2.05) is 129 Å². The minimum Gasteiger partial charge on any atom is -0.494 e. The highest BCUT2D eigenvalue weighted by Gasteiger charge is 2.23. The molecule has 1 unspecified atom stereocenters. The van der Waals surface area contributed by atoms with Crippen LogP contribution < -0.4 is 28.9 Å². The maximum Gasteiger partial charge on any atom is 0.213 e. The predicted octanol–water partition coefficient (Wildman–Crippen LogP) is 11.3. The number of hydrogen-bond donors (Lipinski definition) is 0. The van der Waals surface area contributed by atoms with Gasteiger partial charge < -0.3 is 23.7 Å².